The molecule has 23 heavy (non-hydrogen) atoms. The summed E-state index contributed by atoms with van der Waals surface area (Å²) in [7, 11) is -3.47. The van der Waals surface area contributed by atoms with Crippen molar-refractivity contribution in [3.8, 4) is 0 Å². The van der Waals surface area contributed by atoms with Crippen molar-refractivity contribution in [2.24, 2.45) is 5.10 Å². The van der Waals surface area contributed by atoms with Gasteiger partial charge in [-0.1, -0.05) is 30.3 Å². The van der Waals surface area contributed by atoms with E-state index in [1.807, 2.05) is 30.3 Å². The van der Waals surface area contributed by atoms with E-state index in [1.165, 1.54) is 5.01 Å². The van der Waals surface area contributed by atoms with E-state index in [0.717, 1.165) is 24.1 Å². The van der Waals surface area contributed by atoms with Crippen LogP contribution >= 0.6 is 0 Å². The molecule has 1 amide bonds. The summed E-state index contributed by atoms with van der Waals surface area (Å²) in [6.07, 6.45) is 2.00. The predicted octanol–water partition coefficient (Wildman–Crippen LogP) is 1.22. The molecule has 0 spiro atoms. The molecule has 2 aliphatic rings. The summed E-state index contributed by atoms with van der Waals surface area (Å²) in [5.74, 6) is -1.05. The molecular weight excluding hydrogens is 316 g/mol. The zero-order chi connectivity index (χ0) is 16.3. The number of sulfone groups is 1. The molecule has 1 atom stereocenters. The summed E-state index contributed by atoms with van der Waals surface area (Å²) < 4.78 is 29.6. The molecule has 1 aromatic rings. The second-order valence-electron chi connectivity index (χ2n) is 5.87. The number of ether oxygens (including phenoxy) is 1. The number of rotatable bonds is 5. The van der Waals surface area contributed by atoms with Crippen molar-refractivity contribution in [3.05, 3.63) is 35.9 Å². The van der Waals surface area contributed by atoms with Crippen molar-refractivity contribution in [1.82, 2.24) is 5.01 Å². The Bertz CT molecular complexity index is 694. The van der Waals surface area contributed by atoms with Crippen LogP contribution in [0, 0.1) is 0 Å². The zero-order valence-corrected chi connectivity index (χ0v) is 13.7. The van der Waals surface area contributed by atoms with E-state index < -0.39 is 21.5 Å². The largest absolute Gasteiger partial charge is 0.377 e. The van der Waals surface area contributed by atoms with Gasteiger partial charge in [-0.25, -0.2) is 13.4 Å². The van der Waals surface area contributed by atoms with E-state index in [0.29, 0.717) is 19.6 Å². The minimum atomic E-state index is -3.47. The van der Waals surface area contributed by atoms with Crippen LogP contribution in [-0.2, 0) is 19.4 Å². The molecule has 1 fully saturated rings. The van der Waals surface area contributed by atoms with Crippen LogP contribution in [0.2, 0.25) is 0 Å². The molecule has 0 aromatic heterocycles. The molecule has 3 rings (SSSR count). The van der Waals surface area contributed by atoms with Gasteiger partial charge in [0.15, 0.2) is 9.84 Å². The minimum absolute atomic E-state index is 0.0815. The number of hydrogen-bond donors (Lipinski definition) is 0. The van der Waals surface area contributed by atoms with Gasteiger partial charge in [-0.2, -0.15) is 5.10 Å². The number of hydrazone groups is 1. The summed E-state index contributed by atoms with van der Waals surface area (Å²) >= 11 is 0. The third kappa shape index (κ3) is 4.17. The quantitative estimate of drug-likeness (QED) is 0.810. The molecule has 0 radical (unpaired) electrons. The average Bonchev–Trinajstić information content (AvgIpc) is 3.18. The number of amides is 1. The molecule has 1 aromatic carbocycles. The fourth-order valence-electron chi connectivity index (χ4n) is 2.85. The second-order valence-corrected chi connectivity index (χ2v) is 7.98. The molecule has 0 saturated carbocycles. The van der Waals surface area contributed by atoms with Crippen molar-refractivity contribution in [1.29, 1.82) is 0 Å². The first-order chi connectivity index (χ1) is 11.0. The fraction of sp³-hybridized carbons (Fsp3) is 0.500. The van der Waals surface area contributed by atoms with Crippen molar-refractivity contribution >= 4 is 21.5 Å². The highest BCUT2D eigenvalue weighted by atomic mass is 32.2. The van der Waals surface area contributed by atoms with Crippen molar-refractivity contribution in [2.75, 3.05) is 24.7 Å². The van der Waals surface area contributed by atoms with Crippen LogP contribution < -0.4 is 0 Å². The van der Waals surface area contributed by atoms with Crippen LogP contribution in [-0.4, -0.2) is 55.8 Å². The molecule has 2 heterocycles. The van der Waals surface area contributed by atoms with Gasteiger partial charge in [-0.3, -0.25) is 4.79 Å². The Balaban J connectivity index is 1.61. The summed E-state index contributed by atoms with van der Waals surface area (Å²) in [6.45, 7) is 1.03. The third-order valence-corrected chi connectivity index (χ3v) is 5.57. The van der Waals surface area contributed by atoms with E-state index in [9.17, 15) is 13.2 Å². The summed E-state index contributed by atoms with van der Waals surface area (Å²) in [5, 5.41) is 5.55. The zero-order valence-electron chi connectivity index (χ0n) is 12.8. The maximum absolute atomic E-state index is 12.2. The number of benzene rings is 1. The first-order valence-corrected chi connectivity index (χ1v) is 9.61. The van der Waals surface area contributed by atoms with E-state index in [1.54, 1.807) is 0 Å². The Morgan fingerprint density at radius 3 is 2.78 bits per heavy atom. The van der Waals surface area contributed by atoms with Crippen LogP contribution in [0.15, 0.2) is 35.4 Å². The van der Waals surface area contributed by atoms with Gasteiger partial charge in [0.25, 0.3) is 5.91 Å². The second kappa shape index (κ2) is 6.80. The summed E-state index contributed by atoms with van der Waals surface area (Å²) in [5.41, 5.74) is 1.78. The molecular formula is C16H20N2O4S. The predicted molar refractivity (Wildman–Crippen MR) is 86.9 cm³/mol. The Morgan fingerprint density at radius 2 is 2.09 bits per heavy atom. The van der Waals surface area contributed by atoms with E-state index in [2.05, 4.69) is 5.10 Å². The lowest BCUT2D eigenvalue weighted by molar-refractivity contribution is -0.127. The van der Waals surface area contributed by atoms with Gasteiger partial charge in [0, 0.05) is 13.0 Å². The van der Waals surface area contributed by atoms with Crippen molar-refractivity contribution in [3.63, 3.8) is 0 Å². The van der Waals surface area contributed by atoms with Crippen LogP contribution in [0.5, 0.6) is 0 Å². The lowest BCUT2D eigenvalue weighted by Crippen LogP contribution is -2.33. The van der Waals surface area contributed by atoms with E-state index >= 15 is 0 Å². The first kappa shape index (κ1) is 16.1. The monoisotopic (exact) mass is 336 g/mol. The maximum atomic E-state index is 12.2. The van der Waals surface area contributed by atoms with E-state index in [-0.39, 0.29) is 11.9 Å². The summed E-state index contributed by atoms with van der Waals surface area (Å²) in [6, 6.07) is 9.60. The van der Waals surface area contributed by atoms with Crippen LogP contribution in [0.4, 0.5) is 0 Å². The number of nitrogens with zero attached hydrogens (tertiary/aromatic N) is 2. The molecule has 0 bridgehead atoms. The Hall–Kier alpha value is -1.73. The Morgan fingerprint density at radius 1 is 1.30 bits per heavy atom. The molecule has 6 nitrogen and oxygen atoms in total. The SMILES string of the molecule is O=C(CS(=O)(=O)C[C@@H]1CCCO1)N1CCC(c2ccccc2)=N1. The van der Waals surface area contributed by atoms with Crippen molar-refractivity contribution in [2.45, 2.75) is 25.4 Å². The highest BCUT2D eigenvalue weighted by Crippen LogP contribution is 2.17. The van der Waals surface area contributed by atoms with Gasteiger partial charge in [-0.15, -0.1) is 0 Å². The highest BCUT2D eigenvalue weighted by Gasteiger charge is 2.29. The molecule has 2 aliphatic heterocycles. The Kier molecular flexibility index (Phi) is 4.77. The average molecular weight is 336 g/mol. The van der Waals surface area contributed by atoms with Gasteiger partial charge in [0.05, 0.1) is 24.1 Å². The van der Waals surface area contributed by atoms with Gasteiger partial charge in [-0.05, 0) is 18.4 Å². The number of carbonyl (C=O) groups excluding carboxylic acids is 1. The molecule has 7 heteroatoms. The standard InChI is InChI=1S/C16H20N2O4S/c19-16(12-23(20,21)11-14-7-4-10-22-14)18-9-8-15(17-18)13-5-2-1-3-6-13/h1-3,5-6,14H,4,7-12H2/t14-/m0/s1. The first-order valence-electron chi connectivity index (χ1n) is 7.79. The van der Waals surface area contributed by atoms with Crippen molar-refractivity contribution < 1.29 is 17.9 Å². The lowest BCUT2D eigenvalue weighted by Gasteiger charge is -2.13. The lowest BCUT2D eigenvalue weighted by atomic mass is 10.1. The topological polar surface area (TPSA) is 76.0 Å². The molecule has 0 N–H and O–H groups in total. The van der Waals surface area contributed by atoms with Gasteiger partial charge >= 0.3 is 0 Å². The minimum Gasteiger partial charge on any atom is -0.377 e. The number of carbonyl (C=O) groups is 1. The molecule has 0 aliphatic carbocycles. The Labute approximate surface area is 136 Å². The molecule has 1 saturated heterocycles. The normalized spacial score (nSPS) is 21.5. The van der Waals surface area contributed by atoms with Crippen LogP contribution in [0.3, 0.4) is 0 Å². The smallest absolute Gasteiger partial charge is 0.257 e. The van der Waals surface area contributed by atoms with Crippen LogP contribution in [0.25, 0.3) is 0 Å². The van der Waals surface area contributed by atoms with Crippen LogP contribution in [0.1, 0.15) is 24.8 Å². The van der Waals surface area contributed by atoms with Gasteiger partial charge in [0.1, 0.15) is 5.75 Å². The fourth-order valence-corrected chi connectivity index (χ4v) is 4.32. The molecule has 0 unspecified atom stereocenters. The van der Waals surface area contributed by atoms with Gasteiger partial charge < -0.3 is 4.74 Å². The van der Waals surface area contributed by atoms with E-state index in [4.69, 9.17) is 4.74 Å². The highest BCUT2D eigenvalue weighted by molar-refractivity contribution is 7.92. The third-order valence-electron chi connectivity index (χ3n) is 4.00. The number of hydrogen-bond acceptors (Lipinski definition) is 5. The van der Waals surface area contributed by atoms with Gasteiger partial charge in [0.2, 0.25) is 0 Å². The molecule has 124 valence electrons. The summed E-state index contributed by atoms with van der Waals surface area (Å²) in [4.78, 5) is 12.2. The maximum Gasteiger partial charge on any atom is 0.257 e.